The lowest BCUT2D eigenvalue weighted by atomic mass is 10.2. The summed E-state index contributed by atoms with van der Waals surface area (Å²) in [5.74, 6) is -0.852. The lowest BCUT2D eigenvalue weighted by Crippen LogP contribution is -2.27. The van der Waals surface area contributed by atoms with Gasteiger partial charge in [-0.3, -0.25) is 4.90 Å². The van der Waals surface area contributed by atoms with Gasteiger partial charge in [-0.1, -0.05) is 11.6 Å². The van der Waals surface area contributed by atoms with Crippen LogP contribution in [0.1, 0.15) is 24.6 Å². The van der Waals surface area contributed by atoms with E-state index in [1.807, 2.05) is 6.92 Å². The van der Waals surface area contributed by atoms with Crippen molar-refractivity contribution >= 4 is 17.3 Å². The number of nitrogens with zero attached hydrogens (tertiary/aromatic N) is 1. The van der Waals surface area contributed by atoms with Gasteiger partial charge in [0.25, 0.3) is 0 Å². The van der Waals surface area contributed by atoms with Crippen LogP contribution in [0.2, 0.25) is 0 Å². The molecule has 0 spiro atoms. The van der Waals surface area contributed by atoms with Crippen LogP contribution in [0, 0.1) is 0 Å². The first-order chi connectivity index (χ1) is 8.15. The second-order valence-corrected chi connectivity index (χ2v) is 5.58. The summed E-state index contributed by atoms with van der Waals surface area (Å²) in [6.07, 6.45) is 3.79. The number of rotatable bonds is 6. The van der Waals surface area contributed by atoms with Crippen LogP contribution < -0.4 is 0 Å². The van der Waals surface area contributed by atoms with Gasteiger partial charge < -0.3 is 5.11 Å². The number of hydrogen-bond donors (Lipinski definition) is 1. The molecule has 1 N–H and O–H groups in total. The molecule has 0 unspecified atom stereocenters. The molecule has 17 heavy (non-hydrogen) atoms. The van der Waals surface area contributed by atoms with E-state index in [0.717, 1.165) is 18.7 Å². The highest BCUT2D eigenvalue weighted by molar-refractivity contribution is 7.09. The Morgan fingerprint density at radius 1 is 1.65 bits per heavy atom. The topological polar surface area (TPSA) is 40.5 Å². The number of carboxylic acid groups (broad SMARTS) is 1. The molecule has 1 aliphatic carbocycles. The summed E-state index contributed by atoms with van der Waals surface area (Å²) in [6.45, 7) is 3.58. The Morgan fingerprint density at radius 2 is 2.41 bits per heavy atom. The molecule has 1 aliphatic rings. The van der Waals surface area contributed by atoms with E-state index in [4.69, 9.17) is 5.11 Å². The third kappa shape index (κ3) is 3.98. The number of carboxylic acids is 1. The van der Waals surface area contributed by atoms with E-state index in [2.05, 4.69) is 22.4 Å². The minimum absolute atomic E-state index is 0.647. The summed E-state index contributed by atoms with van der Waals surface area (Å²) < 4.78 is 0. The van der Waals surface area contributed by atoms with Crippen molar-refractivity contribution < 1.29 is 9.90 Å². The van der Waals surface area contributed by atoms with E-state index >= 15 is 0 Å². The molecule has 0 bridgehead atoms. The molecule has 1 aromatic heterocycles. The quantitative estimate of drug-likeness (QED) is 0.790. The molecule has 1 aromatic rings. The minimum atomic E-state index is -0.852. The van der Waals surface area contributed by atoms with Crippen LogP contribution in [0.3, 0.4) is 0 Å². The van der Waals surface area contributed by atoms with Crippen LogP contribution in [-0.4, -0.2) is 28.6 Å². The van der Waals surface area contributed by atoms with Crippen molar-refractivity contribution in [2.24, 2.45) is 0 Å². The first kappa shape index (κ1) is 12.3. The second kappa shape index (κ2) is 5.47. The van der Waals surface area contributed by atoms with Crippen LogP contribution in [-0.2, 0) is 11.3 Å². The summed E-state index contributed by atoms with van der Waals surface area (Å²) in [6, 6.07) is 4.84. The number of thiophene rings is 1. The van der Waals surface area contributed by atoms with Gasteiger partial charge in [-0.2, -0.15) is 0 Å². The summed E-state index contributed by atoms with van der Waals surface area (Å²) in [5, 5.41) is 10.8. The van der Waals surface area contributed by atoms with Crippen molar-refractivity contribution in [1.82, 2.24) is 4.90 Å². The Morgan fingerprint density at radius 3 is 2.94 bits per heavy atom. The minimum Gasteiger partial charge on any atom is -0.478 e. The number of aliphatic carboxylic acids is 1. The van der Waals surface area contributed by atoms with Crippen molar-refractivity contribution in [3.05, 3.63) is 34.0 Å². The lowest BCUT2D eigenvalue weighted by molar-refractivity contribution is -0.131. The van der Waals surface area contributed by atoms with Gasteiger partial charge in [-0.25, -0.2) is 4.79 Å². The maximum atomic E-state index is 10.6. The fourth-order valence-electron chi connectivity index (χ4n) is 1.93. The molecule has 0 radical (unpaired) electrons. The van der Waals surface area contributed by atoms with Gasteiger partial charge in [-0.15, -0.1) is 11.3 Å². The molecule has 0 saturated heterocycles. The number of hydrogen-bond acceptors (Lipinski definition) is 3. The molecule has 4 heteroatoms. The van der Waals surface area contributed by atoms with E-state index < -0.39 is 5.97 Å². The van der Waals surface area contributed by atoms with Crippen molar-refractivity contribution in [3.63, 3.8) is 0 Å². The summed E-state index contributed by atoms with van der Waals surface area (Å²) in [7, 11) is 0. The van der Waals surface area contributed by atoms with Crippen LogP contribution in [0.5, 0.6) is 0 Å². The predicted octanol–water partition coefficient (Wildman–Crippen LogP) is 2.74. The maximum Gasteiger partial charge on any atom is 0.328 e. The zero-order chi connectivity index (χ0) is 12.3. The van der Waals surface area contributed by atoms with Crippen molar-refractivity contribution in [2.45, 2.75) is 32.4 Å². The molecule has 2 rings (SSSR count). The predicted molar refractivity (Wildman–Crippen MR) is 69.1 cm³/mol. The Kier molecular flexibility index (Phi) is 3.97. The first-order valence-corrected chi connectivity index (χ1v) is 6.69. The Hall–Kier alpha value is -1.13. The maximum absolute atomic E-state index is 10.6. The molecule has 92 valence electrons. The largest absolute Gasteiger partial charge is 0.478 e. The molecule has 3 nitrogen and oxygen atoms in total. The van der Waals surface area contributed by atoms with Crippen LogP contribution >= 0.6 is 11.3 Å². The van der Waals surface area contributed by atoms with E-state index in [1.165, 1.54) is 23.8 Å². The molecule has 1 saturated carbocycles. The normalized spacial score (nSPS) is 16.5. The van der Waals surface area contributed by atoms with Crippen LogP contribution in [0.4, 0.5) is 0 Å². The van der Waals surface area contributed by atoms with E-state index in [0.29, 0.717) is 6.04 Å². The van der Waals surface area contributed by atoms with Gasteiger partial charge in [0.2, 0.25) is 0 Å². The third-order valence-electron chi connectivity index (χ3n) is 2.82. The fraction of sp³-hybridized carbons (Fsp3) is 0.462. The summed E-state index contributed by atoms with van der Waals surface area (Å²) in [4.78, 5) is 14.3. The Bertz CT molecular complexity index is 407. The zero-order valence-electron chi connectivity index (χ0n) is 9.93. The highest BCUT2D eigenvalue weighted by Crippen LogP contribution is 2.29. The first-order valence-electron chi connectivity index (χ1n) is 5.81. The molecule has 0 atom stereocenters. The van der Waals surface area contributed by atoms with E-state index in [9.17, 15) is 4.79 Å². The molecule has 0 aliphatic heterocycles. The molecular formula is C13H17NO2S. The molecular weight excluding hydrogens is 234 g/mol. The van der Waals surface area contributed by atoms with Gasteiger partial charge in [-0.05, 0) is 31.2 Å². The van der Waals surface area contributed by atoms with Crippen molar-refractivity contribution in [1.29, 1.82) is 0 Å². The molecule has 0 aromatic carbocycles. The standard InChI is InChI=1S/C13H17NO2S/c1-10(7-13(15)16)8-14(11-4-5-11)9-12-3-2-6-17-12/h2-3,6-7,11H,4-5,8-9H2,1H3,(H,15,16)/b10-7+. The van der Waals surface area contributed by atoms with E-state index in [-0.39, 0.29) is 0 Å². The number of carbonyl (C=O) groups is 1. The molecule has 0 amide bonds. The Balaban J connectivity index is 1.96. The van der Waals surface area contributed by atoms with Gasteiger partial charge in [0.05, 0.1) is 0 Å². The van der Waals surface area contributed by atoms with Gasteiger partial charge in [0.1, 0.15) is 0 Å². The summed E-state index contributed by atoms with van der Waals surface area (Å²) in [5.41, 5.74) is 0.918. The Labute approximate surface area is 105 Å². The van der Waals surface area contributed by atoms with Crippen LogP contribution in [0.25, 0.3) is 0 Å². The summed E-state index contributed by atoms with van der Waals surface area (Å²) >= 11 is 1.76. The van der Waals surface area contributed by atoms with Crippen LogP contribution in [0.15, 0.2) is 29.2 Å². The van der Waals surface area contributed by atoms with Gasteiger partial charge in [0, 0.05) is 30.1 Å². The second-order valence-electron chi connectivity index (χ2n) is 4.54. The fourth-order valence-corrected chi connectivity index (χ4v) is 2.66. The van der Waals surface area contributed by atoms with Gasteiger partial charge in [0.15, 0.2) is 0 Å². The van der Waals surface area contributed by atoms with Crippen molar-refractivity contribution in [3.8, 4) is 0 Å². The monoisotopic (exact) mass is 251 g/mol. The van der Waals surface area contributed by atoms with E-state index in [1.54, 1.807) is 11.3 Å². The molecule has 1 heterocycles. The SMILES string of the molecule is C/C(=C\C(=O)O)CN(Cc1cccs1)C1CC1. The average molecular weight is 251 g/mol. The molecule has 1 fully saturated rings. The third-order valence-corrected chi connectivity index (χ3v) is 3.69. The van der Waals surface area contributed by atoms with Crippen molar-refractivity contribution in [2.75, 3.05) is 6.54 Å². The van der Waals surface area contributed by atoms with Gasteiger partial charge >= 0.3 is 5.97 Å². The smallest absolute Gasteiger partial charge is 0.328 e. The highest BCUT2D eigenvalue weighted by Gasteiger charge is 2.29. The zero-order valence-corrected chi connectivity index (χ0v) is 10.7. The lowest BCUT2D eigenvalue weighted by Gasteiger charge is -2.21. The highest BCUT2D eigenvalue weighted by atomic mass is 32.1. The average Bonchev–Trinajstić information content (AvgIpc) is 2.96.